The third-order valence-electron chi connectivity index (χ3n) is 13.1. The second kappa shape index (κ2) is 17.4. The van der Waals surface area contributed by atoms with E-state index in [1.165, 1.54) is 77.0 Å². The maximum absolute atomic E-state index is 8.52. The Kier molecular flexibility index (Phi) is 11.4. The molecule has 4 aliphatic rings. The Balaban J connectivity index is 1.34. The fraction of sp³-hybridized carbons (Fsp3) is 0.360. The number of benzene rings is 4. The summed E-state index contributed by atoms with van der Waals surface area (Å²) in [4.78, 5) is 33.0. The molecule has 11 heteroatoms. The van der Waals surface area contributed by atoms with Gasteiger partial charge in [0.2, 0.25) is 0 Å². The minimum atomic E-state index is -2.96. The van der Waals surface area contributed by atoms with E-state index in [9.17, 15) is 0 Å². The van der Waals surface area contributed by atoms with E-state index in [0.29, 0.717) is 23.3 Å². The molecule has 6 bridgehead atoms. The van der Waals surface area contributed by atoms with Crippen molar-refractivity contribution in [3.05, 3.63) is 130 Å². The molecule has 0 atom stereocenters. The van der Waals surface area contributed by atoms with Crippen LogP contribution in [0.15, 0.2) is 127 Å². The molecule has 0 radical (unpaired) electrons. The highest BCUT2D eigenvalue weighted by Gasteiger charge is 2.48. The van der Waals surface area contributed by atoms with Crippen LogP contribution < -0.4 is 11.0 Å². The SMILES string of the molecule is CCCCCC[Si](CCCCCC)(CCCCCC)[O][Al]1[n]2c3c4ccccc4c2N=C2N=C(N=c4c5ccccc5c([n]41)=NC1=NC(=N3)c3ccccc31)c1ccccc12. The molecule has 6 aromatic rings. The standard InChI is InChI=1S/C32H16N8.C18H39OSi.Al/c1-2-10-18-17(9-1)25-33-26(18)38-28-21-13-5-6-14-22(21)30(35-28)40-32-24-16-8-7-15-23(24)31(36-32)39-29-20-12-4-3-11-19(20)27(34-29)37-25;1-4-7-10-13-16-20(19,17-14-11-8-5-2)18-15-12-9-6-3;/h1-16H;4-18H2,1-3H3;/q-2;-1;+3. The highest BCUT2D eigenvalue weighted by atomic mass is 28.4. The summed E-state index contributed by atoms with van der Waals surface area (Å²) < 4.78 is 13.4. The highest BCUT2D eigenvalue weighted by Crippen LogP contribution is 2.43. The number of amidine groups is 4. The first-order chi connectivity index (χ1) is 30.1. The minimum Gasteiger partial charge on any atom is -0.509 e. The molecule has 0 aliphatic carbocycles. The van der Waals surface area contributed by atoms with Gasteiger partial charge in [-0.05, 0) is 18.1 Å². The summed E-state index contributed by atoms with van der Waals surface area (Å²) >= 11 is -2.96. The summed E-state index contributed by atoms with van der Waals surface area (Å²) in [5, 5.41) is 4.12. The van der Waals surface area contributed by atoms with E-state index in [0.717, 1.165) is 84.5 Å². The lowest BCUT2D eigenvalue weighted by Crippen LogP contribution is -2.55. The van der Waals surface area contributed by atoms with Gasteiger partial charge in [-0.25, -0.2) is 30.0 Å². The maximum atomic E-state index is 8.52. The van der Waals surface area contributed by atoms with Crippen LogP contribution in [0, 0.1) is 0 Å². The molecule has 0 unspecified atom stereocenters. The number of fused-ring (bicyclic) bond motifs is 14. The molecule has 0 spiro atoms. The Morgan fingerprint density at radius 1 is 0.410 bits per heavy atom. The van der Waals surface area contributed by atoms with Gasteiger partial charge in [-0.2, -0.15) is 0 Å². The molecule has 6 heterocycles. The molecule has 0 N–H and O–H groups in total. The maximum Gasteiger partial charge on any atom is 0.798 e. The first-order valence-corrected chi connectivity index (χ1v) is 27.1. The van der Waals surface area contributed by atoms with Crippen LogP contribution in [0.5, 0.6) is 0 Å². The quantitative estimate of drug-likeness (QED) is 0.0664. The van der Waals surface area contributed by atoms with Crippen molar-refractivity contribution in [1.82, 2.24) is 7.10 Å². The van der Waals surface area contributed by atoms with Gasteiger partial charge in [-0.3, -0.25) is 0 Å². The van der Waals surface area contributed by atoms with Crippen molar-refractivity contribution in [1.29, 1.82) is 0 Å². The average Bonchev–Trinajstić information content (AvgIpc) is 4.01. The summed E-state index contributed by atoms with van der Waals surface area (Å²) in [6.07, 6.45) is 14.7. The first kappa shape index (κ1) is 40.0. The zero-order chi connectivity index (χ0) is 41.3. The van der Waals surface area contributed by atoms with Gasteiger partial charge in [0.1, 0.15) is 22.6 Å². The molecule has 308 valence electrons. The lowest BCUT2D eigenvalue weighted by atomic mass is 10.1. The lowest BCUT2D eigenvalue weighted by Gasteiger charge is -2.36. The Hall–Kier alpha value is -5.05. The molecule has 0 saturated heterocycles. The molecular formula is C50H55AlN8OSi. The normalized spacial score (nSPS) is 14.8. The van der Waals surface area contributed by atoms with E-state index in [1.807, 2.05) is 0 Å². The van der Waals surface area contributed by atoms with E-state index in [-0.39, 0.29) is 0 Å². The van der Waals surface area contributed by atoms with Gasteiger partial charge >= 0.3 is 14.9 Å². The predicted molar refractivity (Wildman–Crippen MR) is 255 cm³/mol. The second-order valence-corrected chi connectivity index (χ2v) is 23.7. The van der Waals surface area contributed by atoms with Gasteiger partial charge in [-0.15, -0.1) is 0 Å². The molecule has 0 saturated carbocycles. The van der Waals surface area contributed by atoms with E-state index >= 15 is 0 Å². The minimum absolute atomic E-state index is 0.667. The Labute approximate surface area is 364 Å². The topological polar surface area (TPSA) is 93.2 Å². The van der Waals surface area contributed by atoms with Crippen LogP contribution >= 0.6 is 0 Å². The number of rotatable bonds is 17. The second-order valence-electron chi connectivity index (χ2n) is 17.2. The summed E-state index contributed by atoms with van der Waals surface area (Å²) in [6, 6.07) is 37.5. The van der Waals surface area contributed by atoms with E-state index in [4.69, 9.17) is 33.4 Å². The van der Waals surface area contributed by atoms with Gasteiger partial charge < -0.3 is 10.6 Å². The van der Waals surface area contributed by atoms with Crippen molar-refractivity contribution in [2.45, 2.75) is 116 Å². The monoisotopic (exact) mass is 838 g/mol. The van der Waals surface area contributed by atoms with E-state index < -0.39 is 23.2 Å². The van der Waals surface area contributed by atoms with Gasteiger partial charge in [0, 0.05) is 43.8 Å². The van der Waals surface area contributed by atoms with Gasteiger partial charge in [-0.1, -0.05) is 195 Å². The zero-order valence-corrected chi connectivity index (χ0v) is 38.1. The molecule has 4 aromatic carbocycles. The summed E-state index contributed by atoms with van der Waals surface area (Å²) in [5.41, 5.74) is 5.59. The first-order valence-electron chi connectivity index (χ1n) is 23.0. The molecular weight excluding hydrogens is 784 g/mol. The van der Waals surface area contributed by atoms with Crippen molar-refractivity contribution in [2.75, 3.05) is 0 Å². The fourth-order valence-corrected chi connectivity index (χ4v) is 19.2. The Bertz CT molecular complexity index is 2710. The largest absolute Gasteiger partial charge is 0.798 e. The van der Waals surface area contributed by atoms with Gasteiger partial charge in [0.15, 0.2) is 31.7 Å². The molecule has 2 aromatic heterocycles. The van der Waals surface area contributed by atoms with E-state index in [2.05, 4.69) is 125 Å². The third-order valence-corrected chi connectivity index (χ3v) is 21.6. The molecule has 0 amide bonds. The molecule has 9 nitrogen and oxygen atoms in total. The third kappa shape index (κ3) is 7.33. The highest BCUT2D eigenvalue weighted by molar-refractivity contribution is 6.80. The molecule has 10 rings (SSSR count). The number of aromatic nitrogens is 2. The van der Waals surface area contributed by atoms with Crippen LogP contribution in [0.25, 0.3) is 21.5 Å². The number of nitrogens with zero attached hydrogens (tertiary/aromatic N) is 8. The summed E-state index contributed by atoms with van der Waals surface area (Å²) in [5.74, 6) is 4.34. The van der Waals surface area contributed by atoms with Crippen LogP contribution in [-0.4, -0.2) is 53.7 Å². The van der Waals surface area contributed by atoms with Gasteiger partial charge in [0.25, 0.3) is 0 Å². The van der Waals surface area contributed by atoms with Crippen molar-refractivity contribution in [2.24, 2.45) is 30.0 Å². The molecule has 4 aliphatic heterocycles. The van der Waals surface area contributed by atoms with Crippen LogP contribution in [-0.2, 0) is 3.48 Å². The van der Waals surface area contributed by atoms with Crippen molar-refractivity contribution < 1.29 is 3.48 Å². The van der Waals surface area contributed by atoms with Crippen molar-refractivity contribution in [3.8, 4) is 0 Å². The van der Waals surface area contributed by atoms with Crippen LogP contribution in [0.4, 0.5) is 11.6 Å². The zero-order valence-electron chi connectivity index (χ0n) is 35.9. The lowest BCUT2D eigenvalue weighted by molar-refractivity contribution is 0.486. The van der Waals surface area contributed by atoms with Crippen LogP contribution in [0.2, 0.25) is 18.1 Å². The van der Waals surface area contributed by atoms with Crippen LogP contribution in [0.3, 0.4) is 0 Å². The smallest absolute Gasteiger partial charge is 0.509 e. The molecule has 61 heavy (non-hydrogen) atoms. The summed E-state index contributed by atoms with van der Waals surface area (Å²) in [6.45, 7) is 6.94. The van der Waals surface area contributed by atoms with E-state index in [1.54, 1.807) is 0 Å². The number of hydrogen-bond acceptors (Lipinski definition) is 7. The number of hydrogen-bond donors (Lipinski definition) is 0. The Morgan fingerprint density at radius 3 is 1.16 bits per heavy atom. The van der Waals surface area contributed by atoms with Crippen molar-refractivity contribution in [3.63, 3.8) is 0 Å². The predicted octanol–water partition coefficient (Wildman–Crippen LogP) is 11.6. The fourth-order valence-electron chi connectivity index (χ4n) is 9.89. The number of unbranched alkanes of at least 4 members (excludes halogenated alkanes) is 9. The Morgan fingerprint density at radius 2 is 0.770 bits per heavy atom. The average molecular weight is 839 g/mol. The van der Waals surface area contributed by atoms with Crippen LogP contribution in [0.1, 0.15) is 120 Å². The van der Waals surface area contributed by atoms with Crippen molar-refractivity contribution >= 4 is 79.8 Å². The molecule has 0 fully saturated rings. The number of aliphatic imine (C=N–C) groups is 4. The summed E-state index contributed by atoms with van der Waals surface area (Å²) in [7, 11) is -2.48. The van der Waals surface area contributed by atoms with Gasteiger partial charge in [0.05, 0.1) is 0 Å².